The third-order valence-electron chi connectivity index (χ3n) is 4.26. The van der Waals surface area contributed by atoms with Gasteiger partial charge in [-0.1, -0.05) is 12.1 Å². The summed E-state index contributed by atoms with van der Waals surface area (Å²) in [6.07, 6.45) is 2.58. The van der Waals surface area contributed by atoms with E-state index in [0.29, 0.717) is 25.5 Å². The molecule has 8 heteroatoms. The van der Waals surface area contributed by atoms with Crippen molar-refractivity contribution < 1.29 is 17.9 Å². The predicted octanol–water partition coefficient (Wildman–Crippen LogP) is 0.617. The van der Waals surface area contributed by atoms with E-state index in [1.54, 1.807) is 24.3 Å². The Morgan fingerprint density at radius 2 is 2.08 bits per heavy atom. The summed E-state index contributed by atoms with van der Waals surface area (Å²) in [6, 6.07) is 6.51. The van der Waals surface area contributed by atoms with E-state index < -0.39 is 10.0 Å². The molecule has 0 aliphatic carbocycles. The summed E-state index contributed by atoms with van der Waals surface area (Å²) in [5, 5.41) is 6.18. The lowest BCUT2D eigenvalue weighted by atomic mass is 10.0. The molecule has 1 aliphatic heterocycles. The van der Waals surface area contributed by atoms with Crippen LogP contribution in [0.2, 0.25) is 0 Å². The van der Waals surface area contributed by atoms with Crippen molar-refractivity contribution in [2.75, 3.05) is 33.4 Å². The first-order valence-corrected chi connectivity index (χ1v) is 10.0. The van der Waals surface area contributed by atoms with Gasteiger partial charge in [0.15, 0.2) is 0 Å². The smallest absolute Gasteiger partial charge is 0.240 e. The third-order valence-corrected chi connectivity index (χ3v) is 5.74. The largest absolute Gasteiger partial charge is 0.383 e. The number of hydrogen-bond donors (Lipinski definition) is 3. The molecule has 0 aromatic heterocycles. The normalized spacial score (nSPS) is 17.6. The van der Waals surface area contributed by atoms with E-state index in [2.05, 4.69) is 15.4 Å². The topological polar surface area (TPSA) is 96.5 Å². The minimum absolute atomic E-state index is 0.0323. The van der Waals surface area contributed by atoms with Crippen molar-refractivity contribution in [2.45, 2.75) is 30.7 Å². The molecule has 1 heterocycles. The number of carbonyl (C=O) groups is 1. The van der Waals surface area contributed by atoms with Crippen molar-refractivity contribution in [3.05, 3.63) is 29.8 Å². The number of ether oxygens (including phenoxy) is 1. The van der Waals surface area contributed by atoms with Gasteiger partial charge in [-0.05, 0) is 49.5 Å². The van der Waals surface area contributed by atoms with Crippen molar-refractivity contribution in [3.63, 3.8) is 0 Å². The number of amides is 1. The molecule has 0 radical (unpaired) electrons. The maximum atomic E-state index is 12.1. The molecule has 0 spiro atoms. The number of hydrogen-bond acceptors (Lipinski definition) is 5. The van der Waals surface area contributed by atoms with Crippen molar-refractivity contribution in [2.24, 2.45) is 5.92 Å². The first-order valence-electron chi connectivity index (χ1n) is 8.56. The summed E-state index contributed by atoms with van der Waals surface area (Å²) >= 11 is 0. The van der Waals surface area contributed by atoms with Crippen LogP contribution in [0.15, 0.2) is 29.2 Å². The Balaban J connectivity index is 1.76. The van der Waals surface area contributed by atoms with Crippen molar-refractivity contribution in [1.29, 1.82) is 0 Å². The fourth-order valence-corrected chi connectivity index (χ4v) is 3.75. The highest BCUT2D eigenvalue weighted by Crippen LogP contribution is 2.14. The Morgan fingerprint density at radius 1 is 1.32 bits per heavy atom. The number of carbonyl (C=O) groups excluding carboxylic acids is 1. The SMILES string of the molecule is COCCNS(=O)(=O)c1ccc(CNC(=O)CCC2CCNC2)cc1. The van der Waals surface area contributed by atoms with E-state index in [4.69, 9.17) is 4.74 Å². The highest BCUT2D eigenvalue weighted by molar-refractivity contribution is 7.89. The number of sulfonamides is 1. The van der Waals surface area contributed by atoms with Crippen LogP contribution in [-0.2, 0) is 26.1 Å². The molecule has 1 saturated heterocycles. The van der Waals surface area contributed by atoms with Gasteiger partial charge in [-0.15, -0.1) is 0 Å². The molecule has 2 rings (SSSR count). The van der Waals surface area contributed by atoms with Gasteiger partial charge in [-0.3, -0.25) is 4.79 Å². The molecule has 1 aliphatic rings. The van der Waals surface area contributed by atoms with Crippen LogP contribution in [0.1, 0.15) is 24.8 Å². The summed E-state index contributed by atoms with van der Waals surface area (Å²) in [7, 11) is -2.01. The van der Waals surface area contributed by atoms with Gasteiger partial charge < -0.3 is 15.4 Å². The molecular formula is C17H27N3O4S. The molecule has 1 unspecified atom stereocenters. The summed E-state index contributed by atoms with van der Waals surface area (Å²) < 4.78 is 31.4. The summed E-state index contributed by atoms with van der Waals surface area (Å²) in [4.78, 5) is 12.1. The van der Waals surface area contributed by atoms with Crippen LogP contribution in [0, 0.1) is 5.92 Å². The minimum atomic E-state index is -3.52. The zero-order valence-corrected chi connectivity index (χ0v) is 15.4. The van der Waals surface area contributed by atoms with Gasteiger partial charge in [-0.25, -0.2) is 13.1 Å². The number of nitrogens with one attached hydrogen (secondary N) is 3. The van der Waals surface area contributed by atoms with Crippen molar-refractivity contribution in [3.8, 4) is 0 Å². The second-order valence-electron chi connectivity index (χ2n) is 6.21. The number of benzene rings is 1. The first kappa shape index (κ1) is 19.8. The maximum absolute atomic E-state index is 12.1. The van der Waals surface area contributed by atoms with Crippen LogP contribution in [0.4, 0.5) is 0 Å². The predicted molar refractivity (Wildman–Crippen MR) is 95.6 cm³/mol. The fraction of sp³-hybridized carbons (Fsp3) is 0.588. The Hall–Kier alpha value is -1.48. The van der Waals surface area contributed by atoms with E-state index >= 15 is 0 Å². The van der Waals surface area contributed by atoms with E-state index in [-0.39, 0.29) is 17.3 Å². The fourth-order valence-electron chi connectivity index (χ4n) is 2.73. The van der Waals surface area contributed by atoms with Gasteiger partial charge >= 0.3 is 0 Å². The van der Waals surface area contributed by atoms with Crippen LogP contribution in [0.25, 0.3) is 0 Å². The maximum Gasteiger partial charge on any atom is 0.240 e. The Bertz CT molecular complexity index is 640. The zero-order chi connectivity index (χ0) is 18.1. The summed E-state index contributed by atoms with van der Waals surface area (Å²) in [6.45, 7) is 3.00. The first-order chi connectivity index (χ1) is 12.0. The lowest BCUT2D eigenvalue weighted by Gasteiger charge is -2.10. The van der Waals surface area contributed by atoms with Gasteiger partial charge in [0, 0.05) is 26.6 Å². The van der Waals surface area contributed by atoms with E-state index in [1.165, 1.54) is 7.11 Å². The van der Waals surface area contributed by atoms with Crippen LogP contribution in [0.5, 0.6) is 0 Å². The van der Waals surface area contributed by atoms with E-state index in [9.17, 15) is 13.2 Å². The summed E-state index contributed by atoms with van der Waals surface area (Å²) in [5.41, 5.74) is 0.867. The second-order valence-corrected chi connectivity index (χ2v) is 7.98. The molecule has 3 N–H and O–H groups in total. The van der Waals surface area contributed by atoms with E-state index in [1.807, 2.05) is 0 Å². The molecule has 0 saturated carbocycles. The Morgan fingerprint density at radius 3 is 2.72 bits per heavy atom. The monoisotopic (exact) mass is 369 g/mol. The quantitative estimate of drug-likeness (QED) is 0.525. The average molecular weight is 369 g/mol. The lowest BCUT2D eigenvalue weighted by molar-refractivity contribution is -0.121. The molecule has 1 amide bonds. The second kappa shape index (κ2) is 9.86. The van der Waals surface area contributed by atoms with Crippen LogP contribution in [0.3, 0.4) is 0 Å². The average Bonchev–Trinajstić information content (AvgIpc) is 3.12. The van der Waals surface area contributed by atoms with Gasteiger partial charge in [0.25, 0.3) is 0 Å². The molecule has 1 atom stereocenters. The molecule has 140 valence electrons. The van der Waals surface area contributed by atoms with Gasteiger partial charge in [0.1, 0.15) is 0 Å². The third kappa shape index (κ3) is 6.74. The Kier molecular flexibility index (Phi) is 7.83. The molecular weight excluding hydrogens is 342 g/mol. The molecule has 0 bridgehead atoms. The van der Waals surface area contributed by atoms with Crippen LogP contribution < -0.4 is 15.4 Å². The standard InChI is InChI=1S/C17H27N3O4S/c1-24-11-10-20-25(22,23)16-5-2-14(3-6-16)13-19-17(21)7-4-15-8-9-18-12-15/h2-3,5-6,15,18,20H,4,7-13H2,1H3,(H,19,21). The highest BCUT2D eigenvalue weighted by atomic mass is 32.2. The highest BCUT2D eigenvalue weighted by Gasteiger charge is 2.16. The molecule has 1 aromatic rings. The Labute approximate surface area is 149 Å². The van der Waals surface area contributed by atoms with Crippen molar-refractivity contribution in [1.82, 2.24) is 15.4 Å². The number of methoxy groups -OCH3 is 1. The van der Waals surface area contributed by atoms with Gasteiger partial charge in [0.2, 0.25) is 15.9 Å². The van der Waals surface area contributed by atoms with Crippen molar-refractivity contribution >= 4 is 15.9 Å². The summed E-state index contributed by atoms with van der Waals surface area (Å²) in [5.74, 6) is 0.630. The van der Waals surface area contributed by atoms with Crippen LogP contribution in [-0.4, -0.2) is 47.7 Å². The van der Waals surface area contributed by atoms with Crippen LogP contribution >= 0.6 is 0 Å². The molecule has 1 fully saturated rings. The van der Waals surface area contributed by atoms with Gasteiger partial charge in [0.05, 0.1) is 11.5 Å². The van der Waals surface area contributed by atoms with Gasteiger partial charge in [-0.2, -0.15) is 0 Å². The molecule has 7 nitrogen and oxygen atoms in total. The zero-order valence-electron chi connectivity index (χ0n) is 14.6. The lowest BCUT2D eigenvalue weighted by Crippen LogP contribution is -2.27. The minimum Gasteiger partial charge on any atom is -0.383 e. The number of rotatable bonds is 10. The molecule has 25 heavy (non-hydrogen) atoms. The molecule has 1 aromatic carbocycles. The van der Waals surface area contributed by atoms with E-state index in [0.717, 1.165) is 31.5 Å².